The quantitative estimate of drug-likeness (QED) is 0.588. The van der Waals surface area contributed by atoms with Crippen LogP contribution in [0.15, 0.2) is 36.4 Å². The lowest BCUT2D eigenvalue weighted by atomic mass is 10.0. The van der Waals surface area contributed by atoms with Crippen molar-refractivity contribution in [3.8, 4) is 23.0 Å². The van der Waals surface area contributed by atoms with E-state index in [1.54, 1.807) is 24.3 Å². The van der Waals surface area contributed by atoms with E-state index in [1.807, 2.05) is 6.92 Å². The average Bonchev–Trinajstić information content (AvgIpc) is 2.45. The summed E-state index contributed by atoms with van der Waals surface area (Å²) in [4.78, 5) is 12.3. The lowest BCUT2D eigenvalue weighted by Gasteiger charge is -2.08. The van der Waals surface area contributed by atoms with Crippen molar-refractivity contribution in [2.24, 2.45) is 0 Å². The van der Waals surface area contributed by atoms with Gasteiger partial charge in [0.05, 0.1) is 12.2 Å². The average molecular weight is 274 g/mol. The smallest absolute Gasteiger partial charge is 0.201 e. The van der Waals surface area contributed by atoms with E-state index in [2.05, 4.69) is 0 Å². The van der Waals surface area contributed by atoms with Crippen LogP contribution in [0.1, 0.15) is 22.8 Å². The van der Waals surface area contributed by atoms with Crippen LogP contribution in [0.2, 0.25) is 0 Å². The van der Waals surface area contributed by atoms with Gasteiger partial charge in [-0.15, -0.1) is 0 Å². The Hall–Kier alpha value is -2.69. The zero-order chi connectivity index (χ0) is 14.7. The van der Waals surface area contributed by atoms with Gasteiger partial charge in [0.1, 0.15) is 5.75 Å². The second-order valence-corrected chi connectivity index (χ2v) is 4.12. The van der Waals surface area contributed by atoms with Gasteiger partial charge >= 0.3 is 0 Å². The van der Waals surface area contributed by atoms with Gasteiger partial charge in [0.15, 0.2) is 17.3 Å². The molecule has 5 heteroatoms. The predicted molar refractivity (Wildman–Crippen MR) is 72.5 cm³/mol. The molecule has 5 nitrogen and oxygen atoms in total. The van der Waals surface area contributed by atoms with Crippen molar-refractivity contribution < 1.29 is 24.9 Å². The van der Waals surface area contributed by atoms with Crippen LogP contribution >= 0.6 is 0 Å². The molecule has 0 saturated heterocycles. The molecule has 20 heavy (non-hydrogen) atoms. The molecule has 0 fully saturated rings. The molecule has 0 atom stereocenters. The van der Waals surface area contributed by atoms with E-state index in [9.17, 15) is 20.1 Å². The second-order valence-electron chi connectivity index (χ2n) is 4.12. The maximum Gasteiger partial charge on any atom is 0.201 e. The predicted octanol–water partition coefficient (Wildman–Crippen LogP) is 2.43. The van der Waals surface area contributed by atoms with Crippen molar-refractivity contribution in [3.63, 3.8) is 0 Å². The number of phenolic OH excluding ortho intramolecular Hbond substituents is 3. The Bertz CT molecular complexity index is 649. The molecule has 0 aromatic heterocycles. The molecular formula is C15H14O5. The highest BCUT2D eigenvalue weighted by atomic mass is 16.5. The molecule has 0 unspecified atom stereocenters. The number of phenols is 3. The molecule has 2 aromatic carbocycles. The lowest BCUT2D eigenvalue weighted by Crippen LogP contribution is -2.02. The van der Waals surface area contributed by atoms with Crippen molar-refractivity contribution in [1.82, 2.24) is 0 Å². The van der Waals surface area contributed by atoms with E-state index in [-0.39, 0.29) is 5.56 Å². The molecule has 0 spiro atoms. The van der Waals surface area contributed by atoms with Crippen LogP contribution in [0.3, 0.4) is 0 Å². The molecule has 0 aliphatic carbocycles. The van der Waals surface area contributed by atoms with Gasteiger partial charge in [-0.3, -0.25) is 4.79 Å². The Morgan fingerprint density at radius 2 is 1.85 bits per heavy atom. The van der Waals surface area contributed by atoms with Crippen molar-refractivity contribution in [2.75, 3.05) is 6.61 Å². The van der Waals surface area contributed by atoms with Crippen LogP contribution < -0.4 is 4.74 Å². The fraction of sp³-hybridized carbons (Fsp3) is 0.133. The molecule has 3 N–H and O–H groups in total. The Kier molecular flexibility index (Phi) is 3.79. The fourth-order valence-electron chi connectivity index (χ4n) is 1.80. The highest BCUT2D eigenvalue weighted by Gasteiger charge is 2.18. The first-order valence-electron chi connectivity index (χ1n) is 6.06. The van der Waals surface area contributed by atoms with E-state index >= 15 is 0 Å². The van der Waals surface area contributed by atoms with Crippen LogP contribution in [0.25, 0.3) is 0 Å². The summed E-state index contributed by atoms with van der Waals surface area (Å²) in [7, 11) is 0. The molecule has 104 valence electrons. The normalized spacial score (nSPS) is 10.2. The molecule has 0 radical (unpaired) electrons. The summed E-state index contributed by atoms with van der Waals surface area (Å²) in [6, 6.07) is 8.90. The molecule has 0 heterocycles. The molecule has 0 aliphatic rings. The summed E-state index contributed by atoms with van der Waals surface area (Å²) >= 11 is 0. The van der Waals surface area contributed by atoms with Gasteiger partial charge in [-0.2, -0.15) is 0 Å². The lowest BCUT2D eigenvalue weighted by molar-refractivity contribution is 0.103. The summed E-state index contributed by atoms with van der Waals surface area (Å²) in [6.07, 6.45) is 0. The maximum absolute atomic E-state index is 12.3. The maximum atomic E-state index is 12.3. The minimum Gasteiger partial charge on any atom is -0.504 e. The number of rotatable bonds is 4. The van der Waals surface area contributed by atoms with E-state index in [1.165, 1.54) is 6.07 Å². The van der Waals surface area contributed by atoms with Crippen molar-refractivity contribution in [3.05, 3.63) is 47.5 Å². The molecular weight excluding hydrogens is 260 g/mol. The highest BCUT2D eigenvalue weighted by Crippen LogP contribution is 2.38. The summed E-state index contributed by atoms with van der Waals surface area (Å²) in [5, 5.41) is 28.4. The summed E-state index contributed by atoms with van der Waals surface area (Å²) in [5.74, 6) is -1.77. The number of hydrogen-bond donors (Lipinski definition) is 3. The van der Waals surface area contributed by atoms with Gasteiger partial charge in [-0.1, -0.05) is 12.1 Å². The zero-order valence-corrected chi connectivity index (χ0v) is 10.8. The minimum absolute atomic E-state index is 0.0889. The van der Waals surface area contributed by atoms with Gasteiger partial charge < -0.3 is 20.1 Å². The molecule has 0 saturated carbocycles. The zero-order valence-electron chi connectivity index (χ0n) is 10.8. The van der Waals surface area contributed by atoms with E-state index in [0.29, 0.717) is 17.9 Å². The third kappa shape index (κ3) is 2.51. The molecule has 0 bridgehead atoms. The SMILES string of the molecule is CCOc1cccc(C(=O)c2ccc(O)c(O)c2O)c1. The van der Waals surface area contributed by atoms with Gasteiger partial charge in [0, 0.05) is 5.56 Å². The number of hydrogen-bond acceptors (Lipinski definition) is 5. The largest absolute Gasteiger partial charge is 0.504 e. The van der Waals surface area contributed by atoms with Gasteiger partial charge in [0.25, 0.3) is 0 Å². The molecule has 2 aromatic rings. The summed E-state index contributed by atoms with van der Waals surface area (Å²) in [5.41, 5.74) is 0.227. The molecule has 2 rings (SSSR count). The fourth-order valence-corrected chi connectivity index (χ4v) is 1.80. The third-order valence-electron chi connectivity index (χ3n) is 2.78. The van der Waals surface area contributed by atoms with Crippen molar-refractivity contribution in [2.45, 2.75) is 6.92 Å². The van der Waals surface area contributed by atoms with E-state index < -0.39 is 23.0 Å². The Labute approximate surface area is 115 Å². The van der Waals surface area contributed by atoms with E-state index in [0.717, 1.165) is 6.07 Å². The van der Waals surface area contributed by atoms with Crippen LogP contribution in [0, 0.1) is 0 Å². The topological polar surface area (TPSA) is 87.0 Å². The first kappa shape index (κ1) is 13.7. The van der Waals surface area contributed by atoms with Crippen molar-refractivity contribution >= 4 is 5.78 Å². The number of aromatic hydroxyl groups is 3. The molecule has 0 aliphatic heterocycles. The minimum atomic E-state index is -0.711. The van der Waals surface area contributed by atoms with Gasteiger partial charge in [-0.25, -0.2) is 0 Å². The standard InChI is InChI=1S/C15H14O5/c1-2-20-10-5-3-4-9(8-10)13(17)11-6-7-12(16)15(19)14(11)18/h3-8,16,18-19H,2H2,1H3. The number of carbonyl (C=O) groups excluding carboxylic acids is 1. The van der Waals surface area contributed by atoms with Gasteiger partial charge in [-0.05, 0) is 31.2 Å². The second kappa shape index (κ2) is 5.52. The Morgan fingerprint density at radius 1 is 1.10 bits per heavy atom. The number of ketones is 1. The number of ether oxygens (including phenoxy) is 1. The van der Waals surface area contributed by atoms with Crippen molar-refractivity contribution in [1.29, 1.82) is 0 Å². The van der Waals surface area contributed by atoms with Crippen LogP contribution in [0.4, 0.5) is 0 Å². The third-order valence-corrected chi connectivity index (χ3v) is 2.78. The number of carbonyl (C=O) groups is 1. The first-order chi connectivity index (χ1) is 9.54. The Balaban J connectivity index is 2.41. The Morgan fingerprint density at radius 3 is 2.55 bits per heavy atom. The van der Waals surface area contributed by atoms with Crippen LogP contribution in [-0.2, 0) is 0 Å². The molecule has 0 amide bonds. The first-order valence-corrected chi connectivity index (χ1v) is 6.06. The van der Waals surface area contributed by atoms with E-state index in [4.69, 9.17) is 4.74 Å². The number of benzene rings is 2. The highest BCUT2D eigenvalue weighted by molar-refractivity contribution is 6.11. The van der Waals surface area contributed by atoms with Crippen LogP contribution in [0.5, 0.6) is 23.0 Å². The van der Waals surface area contributed by atoms with Crippen LogP contribution in [-0.4, -0.2) is 27.7 Å². The van der Waals surface area contributed by atoms with Gasteiger partial charge in [0.2, 0.25) is 5.75 Å². The summed E-state index contributed by atoms with van der Waals surface area (Å²) in [6.45, 7) is 2.31. The summed E-state index contributed by atoms with van der Waals surface area (Å²) < 4.78 is 5.30. The monoisotopic (exact) mass is 274 g/mol.